The van der Waals surface area contributed by atoms with Crippen LogP contribution in [-0.4, -0.2) is 32.1 Å². The molecular weight excluding hydrogens is 286 g/mol. The quantitative estimate of drug-likeness (QED) is 0.928. The van der Waals surface area contributed by atoms with Crippen LogP contribution in [0.2, 0.25) is 0 Å². The van der Waals surface area contributed by atoms with Gasteiger partial charge in [0, 0.05) is 6.54 Å². The van der Waals surface area contributed by atoms with Crippen molar-refractivity contribution in [2.24, 2.45) is 0 Å². The molecule has 5 heteroatoms. The van der Waals surface area contributed by atoms with E-state index in [1.54, 1.807) is 0 Å². The van der Waals surface area contributed by atoms with Gasteiger partial charge in [-0.3, -0.25) is 0 Å². The van der Waals surface area contributed by atoms with E-state index in [2.05, 4.69) is 11.4 Å². The van der Waals surface area contributed by atoms with Gasteiger partial charge in [-0.05, 0) is 56.0 Å². The Kier molecular flexibility index (Phi) is 3.97. The van der Waals surface area contributed by atoms with Crippen LogP contribution in [-0.2, 0) is 22.8 Å². The minimum Gasteiger partial charge on any atom is -0.492 e. The maximum Gasteiger partial charge on any atom is 0.159 e. The maximum atomic E-state index is 12.3. The van der Waals surface area contributed by atoms with Gasteiger partial charge in [0.05, 0.1) is 5.75 Å². The van der Waals surface area contributed by atoms with Crippen LogP contribution >= 0.6 is 0 Å². The molecule has 116 valence electrons. The molecule has 0 radical (unpaired) electrons. The van der Waals surface area contributed by atoms with Crippen LogP contribution in [0.1, 0.15) is 37.3 Å². The third-order valence-electron chi connectivity index (χ3n) is 4.73. The number of hydrogen-bond donors (Lipinski definition) is 1. The molecule has 1 saturated heterocycles. The van der Waals surface area contributed by atoms with Crippen molar-refractivity contribution in [2.45, 2.75) is 43.9 Å². The third kappa shape index (κ3) is 2.94. The standard InChI is InChI=1S/C16H23NO3S/c1-16(7-2-3-9-21(16,18)19)12-20-15-5-4-13-6-8-17-11-14(13)10-15/h4-5,10,17H,2-3,6-9,11-12H2,1H3. The fourth-order valence-corrected chi connectivity index (χ4v) is 4.91. The number of ether oxygens (including phenoxy) is 1. The summed E-state index contributed by atoms with van der Waals surface area (Å²) in [6, 6.07) is 6.10. The van der Waals surface area contributed by atoms with Gasteiger partial charge >= 0.3 is 0 Å². The molecule has 3 rings (SSSR count). The number of sulfone groups is 1. The summed E-state index contributed by atoms with van der Waals surface area (Å²) in [4.78, 5) is 0. The molecule has 1 unspecified atom stereocenters. The Morgan fingerprint density at radius 1 is 1.29 bits per heavy atom. The van der Waals surface area contributed by atoms with Crippen LogP contribution in [0.15, 0.2) is 18.2 Å². The number of rotatable bonds is 3. The summed E-state index contributed by atoms with van der Waals surface area (Å²) in [5.41, 5.74) is 2.62. The lowest BCUT2D eigenvalue weighted by atomic mass is 10.0. The fraction of sp³-hybridized carbons (Fsp3) is 0.625. The van der Waals surface area contributed by atoms with Gasteiger partial charge in [-0.1, -0.05) is 12.5 Å². The Bertz CT molecular complexity index is 626. The topological polar surface area (TPSA) is 55.4 Å². The molecule has 0 amide bonds. The van der Waals surface area contributed by atoms with Gasteiger partial charge < -0.3 is 10.1 Å². The van der Waals surface area contributed by atoms with Crippen molar-refractivity contribution in [3.8, 4) is 5.75 Å². The molecule has 1 atom stereocenters. The molecule has 21 heavy (non-hydrogen) atoms. The zero-order valence-electron chi connectivity index (χ0n) is 12.5. The molecule has 4 nitrogen and oxygen atoms in total. The van der Waals surface area contributed by atoms with E-state index in [-0.39, 0.29) is 6.61 Å². The Morgan fingerprint density at radius 3 is 2.95 bits per heavy atom. The van der Waals surface area contributed by atoms with Gasteiger partial charge in [-0.25, -0.2) is 8.42 Å². The second-order valence-electron chi connectivity index (χ2n) is 6.37. The summed E-state index contributed by atoms with van der Waals surface area (Å²) in [6.45, 7) is 3.95. The first-order chi connectivity index (χ1) is 10.0. The second kappa shape index (κ2) is 5.61. The first-order valence-electron chi connectivity index (χ1n) is 7.68. The number of nitrogens with one attached hydrogen (secondary N) is 1. The smallest absolute Gasteiger partial charge is 0.159 e. The highest BCUT2D eigenvalue weighted by Crippen LogP contribution is 2.32. The van der Waals surface area contributed by atoms with Crippen LogP contribution in [0, 0.1) is 0 Å². The monoisotopic (exact) mass is 309 g/mol. The second-order valence-corrected chi connectivity index (χ2v) is 9.00. The summed E-state index contributed by atoms with van der Waals surface area (Å²) in [5, 5.41) is 3.34. The summed E-state index contributed by atoms with van der Waals surface area (Å²) in [7, 11) is -3.05. The highest BCUT2D eigenvalue weighted by atomic mass is 32.2. The normalized spacial score (nSPS) is 27.9. The number of hydrogen-bond acceptors (Lipinski definition) is 4. The van der Waals surface area contributed by atoms with E-state index >= 15 is 0 Å². The van der Waals surface area contributed by atoms with Crippen molar-refractivity contribution in [1.82, 2.24) is 5.32 Å². The predicted molar refractivity (Wildman–Crippen MR) is 83.4 cm³/mol. The average molecular weight is 309 g/mol. The first-order valence-corrected chi connectivity index (χ1v) is 9.33. The first kappa shape index (κ1) is 14.9. The lowest BCUT2D eigenvalue weighted by Crippen LogP contribution is -2.45. The van der Waals surface area contributed by atoms with Crippen molar-refractivity contribution in [1.29, 1.82) is 0 Å². The molecule has 1 N–H and O–H groups in total. The average Bonchev–Trinajstić information content (AvgIpc) is 2.48. The third-order valence-corrected chi connectivity index (χ3v) is 7.38. The zero-order valence-corrected chi connectivity index (χ0v) is 13.3. The van der Waals surface area contributed by atoms with E-state index in [9.17, 15) is 8.42 Å². The number of benzene rings is 1. The van der Waals surface area contributed by atoms with E-state index < -0.39 is 14.6 Å². The van der Waals surface area contributed by atoms with Crippen molar-refractivity contribution in [2.75, 3.05) is 18.9 Å². The lowest BCUT2D eigenvalue weighted by Gasteiger charge is -2.33. The SMILES string of the molecule is CC1(COc2ccc3c(c2)CNCC3)CCCCS1(=O)=O. The van der Waals surface area contributed by atoms with Crippen LogP contribution in [0.4, 0.5) is 0 Å². The largest absolute Gasteiger partial charge is 0.492 e. The summed E-state index contributed by atoms with van der Waals surface area (Å²) < 4.78 is 29.6. The van der Waals surface area contributed by atoms with Crippen molar-refractivity contribution in [3.05, 3.63) is 29.3 Å². The van der Waals surface area contributed by atoms with Gasteiger partial charge in [-0.15, -0.1) is 0 Å². The van der Waals surface area contributed by atoms with Gasteiger partial charge in [0.25, 0.3) is 0 Å². The van der Waals surface area contributed by atoms with Gasteiger partial charge in [0.2, 0.25) is 0 Å². The summed E-state index contributed by atoms with van der Waals surface area (Å²) in [5.74, 6) is 1.07. The molecule has 2 heterocycles. The van der Waals surface area contributed by atoms with Crippen molar-refractivity contribution >= 4 is 9.84 Å². The Balaban J connectivity index is 1.72. The van der Waals surface area contributed by atoms with Crippen LogP contribution < -0.4 is 10.1 Å². The van der Waals surface area contributed by atoms with Crippen molar-refractivity contribution < 1.29 is 13.2 Å². The fourth-order valence-electron chi connectivity index (χ4n) is 3.14. The van der Waals surface area contributed by atoms with Crippen LogP contribution in [0.3, 0.4) is 0 Å². The van der Waals surface area contributed by atoms with E-state index in [0.717, 1.165) is 38.1 Å². The lowest BCUT2D eigenvalue weighted by molar-refractivity contribution is 0.257. The molecule has 0 aliphatic carbocycles. The summed E-state index contributed by atoms with van der Waals surface area (Å²) in [6.07, 6.45) is 3.49. The number of fused-ring (bicyclic) bond motifs is 1. The minimum atomic E-state index is -3.05. The zero-order chi connectivity index (χ0) is 14.9. The van der Waals surface area contributed by atoms with Crippen LogP contribution in [0.5, 0.6) is 5.75 Å². The van der Waals surface area contributed by atoms with E-state index in [1.807, 2.05) is 19.1 Å². The molecule has 2 aliphatic heterocycles. The highest BCUT2D eigenvalue weighted by Gasteiger charge is 2.41. The van der Waals surface area contributed by atoms with E-state index in [1.165, 1.54) is 11.1 Å². The van der Waals surface area contributed by atoms with Gasteiger partial charge in [0.15, 0.2) is 9.84 Å². The minimum absolute atomic E-state index is 0.252. The van der Waals surface area contributed by atoms with Crippen LogP contribution in [0.25, 0.3) is 0 Å². The summed E-state index contributed by atoms with van der Waals surface area (Å²) >= 11 is 0. The Hall–Kier alpha value is -1.07. The van der Waals surface area contributed by atoms with Gasteiger partial charge in [0.1, 0.15) is 17.1 Å². The molecular formula is C16H23NO3S. The highest BCUT2D eigenvalue weighted by molar-refractivity contribution is 7.92. The Morgan fingerprint density at radius 2 is 2.14 bits per heavy atom. The molecule has 1 fully saturated rings. The van der Waals surface area contributed by atoms with Crippen molar-refractivity contribution in [3.63, 3.8) is 0 Å². The molecule has 0 saturated carbocycles. The Labute approximate surface area is 126 Å². The molecule has 1 aromatic rings. The van der Waals surface area contributed by atoms with Gasteiger partial charge in [-0.2, -0.15) is 0 Å². The molecule has 2 aliphatic rings. The van der Waals surface area contributed by atoms with E-state index in [0.29, 0.717) is 12.2 Å². The molecule has 0 spiro atoms. The molecule has 0 aromatic heterocycles. The molecule has 0 bridgehead atoms. The molecule has 1 aromatic carbocycles. The maximum absolute atomic E-state index is 12.3. The van der Waals surface area contributed by atoms with E-state index in [4.69, 9.17) is 4.74 Å². The predicted octanol–water partition coefficient (Wildman–Crippen LogP) is 2.07.